The Morgan fingerprint density at radius 2 is 2.00 bits per heavy atom. The molecule has 1 N–H and O–H groups in total. The average molecular weight is 428 g/mol. The Kier molecular flexibility index (Phi) is 7.79. The summed E-state index contributed by atoms with van der Waals surface area (Å²) in [4.78, 5) is 32.6. The number of nitrogens with one attached hydrogen (secondary N) is 1. The van der Waals surface area contributed by atoms with Gasteiger partial charge in [0.2, 0.25) is 5.91 Å². The van der Waals surface area contributed by atoms with Crippen molar-refractivity contribution in [2.75, 3.05) is 32.7 Å². The van der Waals surface area contributed by atoms with Gasteiger partial charge in [-0.1, -0.05) is 5.16 Å². The summed E-state index contributed by atoms with van der Waals surface area (Å²) in [5, 5.41) is 7.03. The number of piperidine rings is 1. The van der Waals surface area contributed by atoms with Crippen molar-refractivity contribution in [1.82, 2.24) is 25.3 Å². The van der Waals surface area contributed by atoms with Crippen molar-refractivity contribution >= 4 is 36.6 Å². The number of aromatic nitrogens is 2. The zero-order valence-electron chi connectivity index (χ0n) is 15.2. The number of pyridine rings is 1. The molecule has 1 atom stereocenters. The summed E-state index contributed by atoms with van der Waals surface area (Å²) in [6.07, 6.45) is 5.14. The van der Waals surface area contributed by atoms with E-state index < -0.39 is 0 Å². The van der Waals surface area contributed by atoms with Gasteiger partial charge in [-0.25, -0.2) is 0 Å². The molecular formula is C18H23Cl2N5O3. The van der Waals surface area contributed by atoms with Crippen LogP contribution in [0.4, 0.5) is 0 Å². The van der Waals surface area contributed by atoms with E-state index in [4.69, 9.17) is 4.52 Å². The summed E-state index contributed by atoms with van der Waals surface area (Å²) in [5.41, 5.74) is 1.12. The number of likely N-dealkylation sites (tertiary alicyclic amines) is 1. The maximum atomic E-state index is 12.8. The fraction of sp³-hybridized carbons (Fsp3) is 0.444. The molecule has 2 aliphatic rings. The minimum absolute atomic E-state index is 0. The Morgan fingerprint density at radius 3 is 2.75 bits per heavy atom. The van der Waals surface area contributed by atoms with Crippen molar-refractivity contribution in [3.05, 3.63) is 36.3 Å². The molecule has 0 aromatic carbocycles. The number of hydrogen-bond donors (Lipinski definition) is 1. The molecule has 1 unspecified atom stereocenters. The van der Waals surface area contributed by atoms with Crippen LogP contribution >= 0.6 is 24.8 Å². The third-order valence-electron chi connectivity index (χ3n) is 4.94. The number of hydrogen-bond acceptors (Lipinski definition) is 6. The number of rotatable bonds is 3. The zero-order chi connectivity index (χ0) is 17.9. The number of carbonyl (C=O) groups excluding carboxylic acids is 2. The van der Waals surface area contributed by atoms with Gasteiger partial charge in [0.25, 0.3) is 5.91 Å². The standard InChI is InChI=1S/C18H21N5O3.2ClH/c24-17-11-20-7-9-23(17)14-2-1-8-22(12-14)18(25)15-10-16(26-21-15)13-3-5-19-6-4-13;;/h3-6,10,14,20H,1-2,7-9,11-12H2;2*1H. The van der Waals surface area contributed by atoms with Crippen LogP contribution in [0.15, 0.2) is 35.1 Å². The predicted molar refractivity (Wildman–Crippen MR) is 108 cm³/mol. The van der Waals surface area contributed by atoms with Crippen molar-refractivity contribution < 1.29 is 14.1 Å². The highest BCUT2D eigenvalue weighted by Crippen LogP contribution is 2.22. The van der Waals surface area contributed by atoms with Gasteiger partial charge in [-0.3, -0.25) is 14.6 Å². The van der Waals surface area contributed by atoms with Crippen LogP contribution in [0, 0.1) is 0 Å². The summed E-state index contributed by atoms with van der Waals surface area (Å²) in [6, 6.07) is 5.36. The minimum Gasteiger partial charge on any atom is -0.355 e. The molecule has 0 saturated carbocycles. The molecule has 28 heavy (non-hydrogen) atoms. The van der Waals surface area contributed by atoms with Gasteiger partial charge in [0.1, 0.15) is 0 Å². The lowest BCUT2D eigenvalue weighted by Crippen LogP contribution is -2.57. The second kappa shape index (κ2) is 9.86. The van der Waals surface area contributed by atoms with Gasteiger partial charge in [-0.2, -0.15) is 0 Å². The van der Waals surface area contributed by atoms with Crippen molar-refractivity contribution in [3.63, 3.8) is 0 Å². The Bertz CT molecular complexity index is 802. The lowest BCUT2D eigenvalue weighted by Gasteiger charge is -2.40. The Balaban J connectivity index is 0.00000140. The summed E-state index contributed by atoms with van der Waals surface area (Å²) in [7, 11) is 0. The van der Waals surface area contributed by atoms with E-state index in [9.17, 15) is 9.59 Å². The van der Waals surface area contributed by atoms with E-state index in [-0.39, 0.29) is 42.7 Å². The Hall–Kier alpha value is -2.16. The molecule has 4 rings (SSSR count). The molecule has 0 radical (unpaired) electrons. The third-order valence-corrected chi connectivity index (χ3v) is 4.94. The molecule has 2 aromatic heterocycles. The van der Waals surface area contributed by atoms with Gasteiger partial charge >= 0.3 is 0 Å². The number of amides is 2. The van der Waals surface area contributed by atoms with Crippen molar-refractivity contribution in [1.29, 1.82) is 0 Å². The molecule has 0 spiro atoms. The van der Waals surface area contributed by atoms with E-state index >= 15 is 0 Å². The summed E-state index contributed by atoms with van der Waals surface area (Å²) in [6.45, 7) is 3.09. The molecule has 2 saturated heterocycles. The van der Waals surface area contributed by atoms with Gasteiger partial charge in [-0.05, 0) is 25.0 Å². The third kappa shape index (κ3) is 4.63. The molecule has 2 fully saturated rings. The normalized spacial score (nSPS) is 19.6. The first kappa shape index (κ1) is 22.1. The SMILES string of the molecule is Cl.Cl.O=C(c1cc(-c2ccncc2)on1)N1CCCC(N2CCNCC2=O)C1. The highest BCUT2D eigenvalue weighted by atomic mass is 35.5. The molecule has 0 bridgehead atoms. The first-order valence-electron chi connectivity index (χ1n) is 8.89. The fourth-order valence-corrected chi connectivity index (χ4v) is 3.59. The van der Waals surface area contributed by atoms with E-state index in [1.165, 1.54) is 0 Å². The smallest absolute Gasteiger partial charge is 0.276 e. The van der Waals surface area contributed by atoms with Gasteiger partial charge in [-0.15, -0.1) is 24.8 Å². The van der Waals surface area contributed by atoms with Crippen LogP contribution in [0.1, 0.15) is 23.3 Å². The molecule has 2 amide bonds. The summed E-state index contributed by atoms with van der Waals surface area (Å²) >= 11 is 0. The second-order valence-electron chi connectivity index (χ2n) is 6.62. The Morgan fingerprint density at radius 1 is 1.21 bits per heavy atom. The zero-order valence-corrected chi connectivity index (χ0v) is 16.9. The highest BCUT2D eigenvalue weighted by molar-refractivity contribution is 5.93. The lowest BCUT2D eigenvalue weighted by atomic mass is 10.0. The van der Waals surface area contributed by atoms with E-state index in [0.717, 1.165) is 24.9 Å². The van der Waals surface area contributed by atoms with Crippen molar-refractivity contribution in [3.8, 4) is 11.3 Å². The molecule has 0 aliphatic carbocycles. The van der Waals surface area contributed by atoms with E-state index in [0.29, 0.717) is 37.6 Å². The molecule has 2 aliphatic heterocycles. The Labute approximate surface area is 175 Å². The van der Waals surface area contributed by atoms with Crippen LogP contribution in [0.2, 0.25) is 0 Å². The van der Waals surface area contributed by atoms with Gasteiger partial charge in [0.15, 0.2) is 11.5 Å². The lowest BCUT2D eigenvalue weighted by molar-refractivity contribution is -0.135. The van der Waals surface area contributed by atoms with Crippen LogP contribution < -0.4 is 5.32 Å². The number of carbonyl (C=O) groups is 2. The first-order chi connectivity index (χ1) is 12.7. The van der Waals surface area contributed by atoms with Crippen LogP contribution in [0.5, 0.6) is 0 Å². The predicted octanol–water partition coefficient (Wildman–Crippen LogP) is 1.62. The number of nitrogens with zero attached hydrogens (tertiary/aromatic N) is 4. The maximum absolute atomic E-state index is 12.8. The minimum atomic E-state index is -0.152. The topological polar surface area (TPSA) is 91.6 Å². The summed E-state index contributed by atoms with van der Waals surface area (Å²) in [5.74, 6) is 0.500. The molecule has 4 heterocycles. The molecular weight excluding hydrogens is 405 g/mol. The first-order valence-corrected chi connectivity index (χ1v) is 8.89. The maximum Gasteiger partial charge on any atom is 0.276 e. The van der Waals surface area contributed by atoms with Crippen molar-refractivity contribution in [2.24, 2.45) is 0 Å². The van der Waals surface area contributed by atoms with Gasteiger partial charge < -0.3 is 19.6 Å². The molecule has 10 heteroatoms. The monoisotopic (exact) mass is 427 g/mol. The molecule has 152 valence electrons. The van der Waals surface area contributed by atoms with Crippen LogP contribution in [0.25, 0.3) is 11.3 Å². The van der Waals surface area contributed by atoms with Gasteiger partial charge in [0.05, 0.1) is 6.54 Å². The number of halogens is 2. The quantitative estimate of drug-likeness (QED) is 0.799. The van der Waals surface area contributed by atoms with Crippen LogP contribution in [-0.2, 0) is 4.79 Å². The fourth-order valence-electron chi connectivity index (χ4n) is 3.59. The van der Waals surface area contributed by atoms with Gasteiger partial charge in [0, 0.05) is 56.2 Å². The van der Waals surface area contributed by atoms with Crippen LogP contribution in [0.3, 0.4) is 0 Å². The molecule has 2 aromatic rings. The average Bonchev–Trinajstić information content (AvgIpc) is 3.19. The van der Waals surface area contributed by atoms with Crippen molar-refractivity contribution in [2.45, 2.75) is 18.9 Å². The van der Waals surface area contributed by atoms with E-state index in [1.807, 2.05) is 17.0 Å². The summed E-state index contributed by atoms with van der Waals surface area (Å²) < 4.78 is 5.32. The van der Waals surface area contributed by atoms with E-state index in [1.54, 1.807) is 23.4 Å². The second-order valence-corrected chi connectivity index (χ2v) is 6.62. The number of piperazine rings is 1. The van der Waals surface area contributed by atoms with E-state index in [2.05, 4.69) is 15.5 Å². The largest absolute Gasteiger partial charge is 0.355 e. The highest BCUT2D eigenvalue weighted by Gasteiger charge is 2.32. The molecule has 8 nitrogen and oxygen atoms in total. The van der Waals surface area contributed by atoms with Crippen LogP contribution in [-0.4, -0.2) is 70.5 Å².